The van der Waals surface area contributed by atoms with Crippen LogP contribution in [0.25, 0.3) is 0 Å². The highest BCUT2D eigenvalue weighted by atomic mass is 16.4. The number of likely N-dealkylation sites (tertiary alicyclic amines) is 1. The highest BCUT2D eigenvalue weighted by Crippen LogP contribution is 2.25. The quantitative estimate of drug-likeness (QED) is 0.858. The third-order valence-electron chi connectivity index (χ3n) is 3.88. The minimum absolute atomic E-state index is 0.0156. The second-order valence-corrected chi connectivity index (χ2v) is 5.33. The summed E-state index contributed by atoms with van der Waals surface area (Å²) in [6.45, 7) is 3.13. The first-order valence-electron chi connectivity index (χ1n) is 6.84. The van der Waals surface area contributed by atoms with Crippen molar-refractivity contribution >= 4 is 11.9 Å². The van der Waals surface area contributed by atoms with E-state index in [1.807, 2.05) is 25.1 Å². The summed E-state index contributed by atoms with van der Waals surface area (Å²) >= 11 is 0. The number of rotatable bonds is 4. The van der Waals surface area contributed by atoms with Gasteiger partial charge in [-0.05, 0) is 30.5 Å². The molecular weight excluding hydrogens is 256 g/mol. The van der Waals surface area contributed by atoms with Gasteiger partial charge in [-0.25, -0.2) is 0 Å². The van der Waals surface area contributed by atoms with Gasteiger partial charge in [0.2, 0.25) is 0 Å². The Balaban J connectivity index is 2.19. The monoisotopic (exact) mass is 276 g/mol. The molecular formula is C15H20N2O3. The molecule has 1 heterocycles. The highest BCUT2D eigenvalue weighted by molar-refractivity contribution is 5.96. The van der Waals surface area contributed by atoms with E-state index in [1.54, 1.807) is 11.0 Å². The van der Waals surface area contributed by atoms with Crippen LogP contribution >= 0.6 is 0 Å². The number of nitrogens with zero attached hydrogens (tertiary/aromatic N) is 1. The molecule has 0 spiro atoms. The summed E-state index contributed by atoms with van der Waals surface area (Å²) < 4.78 is 0. The highest BCUT2D eigenvalue weighted by Gasteiger charge is 2.37. The van der Waals surface area contributed by atoms with Gasteiger partial charge in [0.25, 0.3) is 5.91 Å². The summed E-state index contributed by atoms with van der Waals surface area (Å²) in [5, 5.41) is 9.14. The minimum atomic E-state index is -0.831. The van der Waals surface area contributed by atoms with Crippen LogP contribution in [0.3, 0.4) is 0 Å². The van der Waals surface area contributed by atoms with Gasteiger partial charge in [0, 0.05) is 18.7 Å². The van der Waals surface area contributed by atoms with Gasteiger partial charge in [0.1, 0.15) is 0 Å². The summed E-state index contributed by atoms with van der Waals surface area (Å²) in [5.41, 5.74) is 7.12. The summed E-state index contributed by atoms with van der Waals surface area (Å²) in [7, 11) is 0. The van der Waals surface area contributed by atoms with Gasteiger partial charge < -0.3 is 15.7 Å². The Morgan fingerprint density at radius 1 is 1.35 bits per heavy atom. The molecule has 2 rings (SSSR count). The van der Waals surface area contributed by atoms with Crippen molar-refractivity contribution in [2.75, 3.05) is 19.6 Å². The standard InChI is InChI=1S/C15H20N2O3/c1-10-8-17(9-13(10)15(19)20)14(18)12-5-3-2-4-11(12)6-7-16/h2-5,10,13H,6-9,16H2,1H3,(H,19,20)/t10-,13-/m1/s1. The molecule has 5 nitrogen and oxygen atoms in total. The molecule has 0 radical (unpaired) electrons. The third kappa shape index (κ3) is 2.82. The maximum Gasteiger partial charge on any atom is 0.308 e. The van der Waals surface area contributed by atoms with Crippen LogP contribution in [0.4, 0.5) is 0 Å². The first-order chi connectivity index (χ1) is 9.54. The average Bonchev–Trinajstić information content (AvgIpc) is 2.81. The molecule has 108 valence electrons. The average molecular weight is 276 g/mol. The number of carbonyl (C=O) groups excluding carboxylic acids is 1. The van der Waals surface area contributed by atoms with Crippen LogP contribution in [0.15, 0.2) is 24.3 Å². The Kier molecular flexibility index (Phi) is 4.39. The maximum atomic E-state index is 12.5. The van der Waals surface area contributed by atoms with Crippen LogP contribution in [0.1, 0.15) is 22.8 Å². The maximum absolute atomic E-state index is 12.5. The fourth-order valence-electron chi connectivity index (χ4n) is 2.73. The summed E-state index contributed by atoms with van der Waals surface area (Å²) in [5.74, 6) is -1.41. The SMILES string of the molecule is C[C@@H]1CN(C(=O)c2ccccc2CCN)C[C@H]1C(=O)O. The molecule has 0 saturated carbocycles. The zero-order valence-electron chi connectivity index (χ0n) is 11.6. The van der Waals surface area contributed by atoms with E-state index >= 15 is 0 Å². The second-order valence-electron chi connectivity index (χ2n) is 5.33. The van der Waals surface area contributed by atoms with Crippen LogP contribution in [0.5, 0.6) is 0 Å². The molecule has 3 N–H and O–H groups in total. The lowest BCUT2D eigenvalue weighted by atomic mass is 9.99. The van der Waals surface area contributed by atoms with Crippen molar-refractivity contribution in [3.05, 3.63) is 35.4 Å². The Morgan fingerprint density at radius 3 is 2.65 bits per heavy atom. The van der Waals surface area contributed by atoms with Crippen molar-refractivity contribution in [1.29, 1.82) is 0 Å². The zero-order valence-corrected chi connectivity index (χ0v) is 11.6. The van der Waals surface area contributed by atoms with Crippen LogP contribution in [0, 0.1) is 11.8 Å². The van der Waals surface area contributed by atoms with E-state index < -0.39 is 11.9 Å². The van der Waals surface area contributed by atoms with E-state index in [0.29, 0.717) is 25.1 Å². The number of benzene rings is 1. The first-order valence-corrected chi connectivity index (χ1v) is 6.84. The summed E-state index contributed by atoms with van der Waals surface area (Å²) in [6, 6.07) is 7.39. The number of carbonyl (C=O) groups is 2. The largest absolute Gasteiger partial charge is 0.481 e. The normalized spacial score (nSPS) is 22.0. The van der Waals surface area contributed by atoms with Crippen molar-refractivity contribution < 1.29 is 14.7 Å². The van der Waals surface area contributed by atoms with Crippen LogP contribution in [-0.4, -0.2) is 41.5 Å². The topological polar surface area (TPSA) is 83.6 Å². The van der Waals surface area contributed by atoms with Crippen molar-refractivity contribution in [2.45, 2.75) is 13.3 Å². The van der Waals surface area contributed by atoms with Crippen molar-refractivity contribution in [3.8, 4) is 0 Å². The number of amides is 1. The van der Waals surface area contributed by atoms with E-state index in [9.17, 15) is 9.59 Å². The van der Waals surface area contributed by atoms with Gasteiger partial charge in [0.15, 0.2) is 0 Å². The third-order valence-corrected chi connectivity index (χ3v) is 3.88. The van der Waals surface area contributed by atoms with Gasteiger partial charge in [-0.3, -0.25) is 9.59 Å². The Bertz CT molecular complexity index is 516. The molecule has 1 amide bonds. The smallest absolute Gasteiger partial charge is 0.308 e. The molecule has 0 unspecified atom stereocenters. The van der Waals surface area contributed by atoms with Crippen molar-refractivity contribution in [1.82, 2.24) is 4.90 Å². The summed E-state index contributed by atoms with van der Waals surface area (Å²) in [4.78, 5) is 25.3. The van der Waals surface area contributed by atoms with Crippen molar-refractivity contribution in [3.63, 3.8) is 0 Å². The first kappa shape index (κ1) is 14.5. The van der Waals surface area contributed by atoms with Crippen LogP contribution < -0.4 is 5.73 Å². The number of nitrogens with two attached hydrogens (primary N) is 1. The lowest BCUT2D eigenvalue weighted by Crippen LogP contribution is -2.30. The molecule has 1 saturated heterocycles. The lowest BCUT2D eigenvalue weighted by Gasteiger charge is -2.18. The van der Waals surface area contributed by atoms with Gasteiger partial charge in [-0.2, -0.15) is 0 Å². The fourth-order valence-corrected chi connectivity index (χ4v) is 2.73. The Hall–Kier alpha value is -1.88. The van der Waals surface area contributed by atoms with E-state index in [2.05, 4.69) is 0 Å². The van der Waals surface area contributed by atoms with Crippen LogP contribution in [-0.2, 0) is 11.2 Å². The van der Waals surface area contributed by atoms with E-state index in [1.165, 1.54) is 0 Å². The van der Waals surface area contributed by atoms with Gasteiger partial charge in [-0.15, -0.1) is 0 Å². The molecule has 1 aromatic rings. The van der Waals surface area contributed by atoms with Crippen molar-refractivity contribution in [2.24, 2.45) is 17.6 Å². The lowest BCUT2D eigenvalue weighted by molar-refractivity contribution is -0.142. The molecule has 5 heteroatoms. The molecule has 2 atom stereocenters. The number of carboxylic acid groups (broad SMARTS) is 1. The van der Waals surface area contributed by atoms with Gasteiger partial charge in [0.05, 0.1) is 5.92 Å². The molecule has 1 aromatic carbocycles. The predicted molar refractivity (Wildman–Crippen MR) is 75.4 cm³/mol. The number of hydrogen-bond donors (Lipinski definition) is 2. The zero-order chi connectivity index (χ0) is 14.7. The van der Waals surface area contributed by atoms with E-state index in [4.69, 9.17) is 10.8 Å². The number of carboxylic acids is 1. The van der Waals surface area contributed by atoms with E-state index in [0.717, 1.165) is 5.56 Å². The predicted octanol–water partition coefficient (Wildman–Crippen LogP) is 0.980. The second kappa shape index (κ2) is 6.05. The van der Waals surface area contributed by atoms with Crippen LogP contribution in [0.2, 0.25) is 0 Å². The molecule has 1 aliphatic heterocycles. The molecule has 0 bridgehead atoms. The Labute approximate surface area is 118 Å². The van der Waals surface area contributed by atoms with Gasteiger partial charge >= 0.3 is 5.97 Å². The number of hydrogen-bond acceptors (Lipinski definition) is 3. The summed E-state index contributed by atoms with van der Waals surface area (Å²) in [6.07, 6.45) is 0.646. The molecule has 0 aromatic heterocycles. The fraction of sp³-hybridized carbons (Fsp3) is 0.467. The molecule has 20 heavy (non-hydrogen) atoms. The molecule has 1 fully saturated rings. The molecule has 0 aliphatic carbocycles. The molecule has 1 aliphatic rings. The van der Waals surface area contributed by atoms with E-state index in [-0.39, 0.29) is 18.4 Å². The Morgan fingerprint density at radius 2 is 2.05 bits per heavy atom. The van der Waals surface area contributed by atoms with Gasteiger partial charge in [-0.1, -0.05) is 25.1 Å². The number of aliphatic carboxylic acids is 1. The minimum Gasteiger partial charge on any atom is -0.481 e.